The van der Waals surface area contributed by atoms with Gasteiger partial charge >= 0.3 is 0 Å². The predicted octanol–water partition coefficient (Wildman–Crippen LogP) is 5.51. The lowest BCUT2D eigenvalue weighted by Crippen LogP contribution is -2.48. The summed E-state index contributed by atoms with van der Waals surface area (Å²) in [5.74, 6) is 0. The van der Waals surface area contributed by atoms with E-state index in [0.717, 1.165) is 5.16 Å². The van der Waals surface area contributed by atoms with Gasteiger partial charge in [-0.05, 0) is 47.6 Å². The number of hydrogen-bond donors (Lipinski definition) is 0. The Kier molecular flexibility index (Phi) is 5.12. The normalized spacial score (nSPS) is 14.0. The Morgan fingerprint density at radius 3 is 1.76 bits per heavy atom. The zero-order valence-corrected chi connectivity index (χ0v) is 17.9. The fraction of sp³-hybridized carbons (Fsp3) is 0.650. The molecule has 0 N–H and O–H groups in total. The molecular formula is C20H32N4S. The van der Waals surface area contributed by atoms with E-state index in [2.05, 4.69) is 108 Å². The van der Waals surface area contributed by atoms with Crippen LogP contribution in [0.15, 0.2) is 35.5 Å². The lowest BCUT2D eigenvalue weighted by molar-refractivity contribution is 0.140. The summed E-state index contributed by atoms with van der Waals surface area (Å²) in [5, 5.41) is 13.5. The summed E-state index contributed by atoms with van der Waals surface area (Å²) in [4.78, 5) is 0. The second kappa shape index (κ2) is 6.42. The van der Waals surface area contributed by atoms with Crippen LogP contribution in [-0.2, 0) is 10.3 Å². The van der Waals surface area contributed by atoms with Crippen LogP contribution in [0.1, 0.15) is 67.9 Å². The van der Waals surface area contributed by atoms with Crippen LogP contribution in [0, 0.1) is 10.8 Å². The fourth-order valence-electron chi connectivity index (χ4n) is 3.83. The van der Waals surface area contributed by atoms with Crippen molar-refractivity contribution in [2.75, 3.05) is 0 Å². The van der Waals surface area contributed by atoms with E-state index in [9.17, 15) is 0 Å². The standard InChI is InChI=1S/C20H32N4S/c1-17(2,3)20(18(4,5)6,15-13-11-10-12-14-15)25-16-21-22-23-24(16)19(7,8)9/h10-14H,1-9H3. The van der Waals surface area contributed by atoms with Crippen molar-refractivity contribution in [3.63, 3.8) is 0 Å². The molecule has 2 aromatic rings. The van der Waals surface area contributed by atoms with E-state index in [4.69, 9.17) is 0 Å². The van der Waals surface area contributed by atoms with Gasteiger partial charge in [-0.25, -0.2) is 4.68 Å². The maximum atomic E-state index is 4.38. The first-order valence-corrected chi connectivity index (χ1v) is 9.66. The SMILES string of the molecule is CC(C)(C)n1nnnc1SC(c1ccccc1)(C(C)(C)C)C(C)(C)C. The molecule has 0 bridgehead atoms. The molecule has 0 saturated carbocycles. The molecular weight excluding hydrogens is 328 g/mol. The van der Waals surface area contributed by atoms with Crippen LogP contribution < -0.4 is 0 Å². The van der Waals surface area contributed by atoms with Crippen molar-refractivity contribution in [3.05, 3.63) is 35.9 Å². The van der Waals surface area contributed by atoms with E-state index in [0.29, 0.717) is 0 Å². The highest BCUT2D eigenvalue weighted by Crippen LogP contribution is 2.61. The van der Waals surface area contributed by atoms with Gasteiger partial charge in [0.2, 0.25) is 5.16 Å². The summed E-state index contributed by atoms with van der Waals surface area (Å²) in [6.07, 6.45) is 0. The third-order valence-electron chi connectivity index (χ3n) is 4.61. The molecule has 0 saturated heterocycles. The molecule has 1 aromatic carbocycles. The molecule has 1 heterocycles. The van der Waals surface area contributed by atoms with Crippen molar-refractivity contribution in [2.24, 2.45) is 10.8 Å². The number of benzene rings is 1. The van der Waals surface area contributed by atoms with E-state index < -0.39 is 0 Å². The highest BCUT2D eigenvalue weighted by molar-refractivity contribution is 8.00. The van der Waals surface area contributed by atoms with Crippen molar-refractivity contribution < 1.29 is 0 Å². The molecule has 0 atom stereocenters. The quantitative estimate of drug-likeness (QED) is 0.677. The molecule has 25 heavy (non-hydrogen) atoms. The Labute approximate surface area is 156 Å². The van der Waals surface area contributed by atoms with Gasteiger partial charge in [0.1, 0.15) is 0 Å². The highest BCUT2D eigenvalue weighted by atomic mass is 32.2. The maximum Gasteiger partial charge on any atom is 0.210 e. The molecule has 0 spiro atoms. The van der Waals surface area contributed by atoms with Gasteiger partial charge in [0.15, 0.2) is 0 Å². The lowest BCUT2D eigenvalue weighted by atomic mass is 9.62. The molecule has 138 valence electrons. The fourth-order valence-corrected chi connectivity index (χ4v) is 5.44. The Hall–Kier alpha value is -1.36. The number of aromatic nitrogens is 4. The molecule has 0 radical (unpaired) electrons. The molecule has 0 fully saturated rings. The molecule has 2 rings (SSSR count). The smallest absolute Gasteiger partial charge is 0.210 e. The maximum absolute atomic E-state index is 4.38. The molecule has 0 amide bonds. The Morgan fingerprint density at radius 2 is 1.32 bits per heavy atom. The minimum atomic E-state index is -0.195. The van der Waals surface area contributed by atoms with Crippen molar-refractivity contribution in [3.8, 4) is 0 Å². The average Bonchev–Trinajstić information content (AvgIpc) is 2.91. The van der Waals surface area contributed by atoms with E-state index >= 15 is 0 Å². The summed E-state index contributed by atoms with van der Waals surface area (Å²) in [6.45, 7) is 20.2. The van der Waals surface area contributed by atoms with Crippen molar-refractivity contribution in [1.82, 2.24) is 20.2 Å². The van der Waals surface area contributed by atoms with Gasteiger partial charge in [0.05, 0.1) is 10.3 Å². The van der Waals surface area contributed by atoms with E-state index in [1.807, 2.05) is 4.68 Å². The summed E-state index contributed by atoms with van der Waals surface area (Å²) < 4.78 is 1.74. The monoisotopic (exact) mass is 360 g/mol. The third-order valence-corrected chi connectivity index (χ3v) is 6.82. The van der Waals surface area contributed by atoms with Crippen molar-refractivity contribution in [2.45, 2.75) is 77.8 Å². The summed E-state index contributed by atoms with van der Waals surface area (Å²) in [5.41, 5.74) is 1.13. The summed E-state index contributed by atoms with van der Waals surface area (Å²) in [6, 6.07) is 10.8. The summed E-state index contributed by atoms with van der Waals surface area (Å²) in [7, 11) is 0. The molecule has 5 heteroatoms. The van der Waals surface area contributed by atoms with Crippen LogP contribution in [0.25, 0.3) is 0 Å². The van der Waals surface area contributed by atoms with Gasteiger partial charge in [-0.15, -0.1) is 5.10 Å². The van der Waals surface area contributed by atoms with Crippen molar-refractivity contribution >= 4 is 11.8 Å². The number of tetrazole rings is 1. The third kappa shape index (κ3) is 3.62. The topological polar surface area (TPSA) is 43.6 Å². The molecule has 0 aliphatic carbocycles. The second-order valence-electron chi connectivity index (χ2n) is 9.69. The van der Waals surface area contributed by atoms with E-state index in [-0.39, 0.29) is 21.1 Å². The average molecular weight is 361 g/mol. The molecule has 0 aliphatic heterocycles. The van der Waals surface area contributed by atoms with Gasteiger partial charge < -0.3 is 0 Å². The van der Waals surface area contributed by atoms with Gasteiger partial charge in [-0.3, -0.25) is 0 Å². The number of hydrogen-bond acceptors (Lipinski definition) is 4. The van der Waals surface area contributed by atoms with Crippen LogP contribution in [0.3, 0.4) is 0 Å². The largest absolute Gasteiger partial charge is 0.215 e. The Bertz CT molecular complexity index is 686. The molecule has 0 unspecified atom stereocenters. The Morgan fingerprint density at radius 1 is 0.800 bits per heavy atom. The first-order valence-electron chi connectivity index (χ1n) is 8.84. The second-order valence-corrected chi connectivity index (χ2v) is 10.9. The van der Waals surface area contributed by atoms with Crippen LogP contribution >= 0.6 is 11.8 Å². The van der Waals surface area contributed by atoms with Crippen LogP contribution in [0.5, 0.6) is 0 Å². The zero-order chi connectivity index (χ0) is 19.1. The number of rotatable bonds is 3. The molecule has 4 nitrogen and oxygen atoms in total. The van der Waals surface area contributed by atoms with E-state index in [1.165, 1.54) is 5.56 Å². The first-order chi connectivity index (χ1) is 11.3. The number of nitrogens with zero attached hydrogens (tertiary/aromatic N) is 4. The minimum Gasteiger partial charge on any atom is -0.215 e. The van der Waals surface area contributed by atoms with Gasteiger partial charge in [0.25, 0.3) is 0 Å². The first kappa shape index (κ1) is 20.0. The van der Waals surface area contributed by atoms with Crippen LogP contribution in [-0.4, -0.2) is 20.2 Å². The van der Waals surface area contributed by atoms with Crippen LogP contribution in [0.4, 0.5) is 0 Å². The summed E-state index contributed by atoms with van der Waals surface area (Å²) >= 11 is 1.79. The van der Waals surface area contributed by atoms with E-state index in [1.54, 1.807) is 11.8 Å². The van der Waals surface area contributed by atoms with Gasteiger partial charge in [0, 0.05) is 0 Å². The number of thioether (sulfide) groups is 1. The molecule has 0 aliphatic rings. The minimum absolute atomic E-state index is 0.00800. The lowest BCUT2D eigenvalue weighted by Gasteiger charge is -2.53. The van der Waals surface area contributed by atoms with Crippen LogP contribution in [0.2, 0.25) is 0 Å². The Balaban J connectivity index is 2.71. The van der Waals surface area contributed by atoms with Crippen molar-refractivity contribution in [1.29, 1.82) is 0 Å². The van der Waals surface area contributed by atoms with Gasteiger partial charge in [-0.2, -0.15) is 0 Å². The predicted molar refractivity (Wildman–Crippen MR) is 106 cm³/mol. The highest BCUT2D eigenvalue weighted by Gasteiger charge is 2.53. The van der Waals surface area contributed by atoms with Gasteiger partial charge in [-0.1, -0.05) is 83.6 Å². The molecule has 1 aromatic heterocycles. The zero-order valence-electron chi connectivity index (χ0n) is 17.1.